The monoisotopic (exact) mass is 274 g/mol. The van der Waals surface area contributed by atoms with Crippen LogP contribution in [0.2, 0.25) is 0 Å². The fourth-order valence-electron chi connectivity index (χ4n) is 1.67. The van der Waals surface area contributed by atoms with E-state index in [-0.39, 0.29) is 12.9 Å². The van der Waals surface area contributed by atoms with Crippen molar-refractivity contribution >= 4 is 18.1 Å². The standard InChI is InChI=1S/C13H12N2O2.CH2O2/c14-12-4-5-15-8-11(12)10-3-1-2-9(6-10)7-13(16)17;2-1-3/h1-6,8H,7H2,(H2,14,15)(H,16,17);1H,(H,2,3). The summed E-state index contributed by atoms with van der Waals surface area (Å²) >= 11 is 0. The number of benzene rings is 1. The van der Waals surface area contributed by atoms with Crippen LogP contribution in [0.25, 0.3) is 11.1 Å². The maximum absolute atomic E-state index is 10.6. The maximum atomic E-state index is 10.6. The molecule has 2 rings (SSSR count). The molecule has 0 saturated heterocycles. The maximum Gasteiger partial charge on any atom is 0.307 e. The van der Waals surface area contributed by atoms with Gasteiger partial charge in [-0.05, 0) is 17.2 Å². The van der Waals surface area contributed by atoms with E-state index < -0.39 is 5.97 Å². The molecule has 0 radical (unpaired) electrons. The summed E-state index contributed by atoms with van der Waals surface area (Å²) in [6, 6.07) is 9.03. The van der Waals surface area contributed by atoms with Gasteiger partial charge in [0, 0.05) is 23.6 Å². The number of aliphatic carboxylic acids is 1. The topological polar surface area (TPSA) is 114 Å². The van der Waals surface area contributed by atoms with E-state index >= 15 is 0 Å². The summed E-state index contributed by atoms with van der Waals surface area (Å²) in [4.78, 5) is 23.0. The Balaban J connectivity index is 0.000000612. The minimum atomic E-state index is -0.846. The van der Waals surface area contributed by atoms with Crippen molar-refractivity contribution < 1.29 is 19.8 Å². The second-order valence-electron chi connectivity index (χ2n) is 3.84. The lowest BCUT2D eigenvalue weighted by atomic mass is 10.0. The summed E-state index contributed by atoms with van der Waals surface area (Å²) in [6.07, 6.45) is 3.31. The number of carboxylic acids is 1. The molecule has 0 aliphatic heterocycles. The first-order chi connectivity index (χ1) is 9.58. The molecule has 0 aliphatic carbocycles. The first-order valence-electron chi connectivity index (χ1n) is 5.67. The van der Waals surface area contributed by atoms with Crippen LogP contribution in [0.15, 0.2) is 42.7 Å². The largest absolute Gasteiger partial charge is 0.483 e. The van der Waals surface area contributed by atoms with Crippen molar-refractivity contribution in [2.75, 3.05) is 5.73 Å². The number of hydrogen-bond donors (Lipinski definition) is 3. The van der Waals surface area contributed by atoms with Crippen molar-refractivity contribution in [2.24, 2.45) is 0 Å². The Morgan fingerprint density at radius 2 is 2.05 bits per heavy atom. The number of carbonyl (C=O) groups is 2. The van der Waals surface area contributed by atoms with E-state index in [1.54, 1.807) is 24.5 Å². The highest BCUT2D eigenvalue weighted by Gasteiger charge is 2.05. The third-order valence-electron chi connectivity index (χ3n) is 2.45. The molecule has 1 heterocycles. The van der Waals surface area contributed by atoms with Crippen LogP contribution in [0.3, 0.4) is 0 Å². The highest BCUT2D eigenvalue weighted by molar-refractivity contribution is 5.77. The van der Waals surface area contributed by atoms with Gasteiger partial charge in [0.1, 0.15) is 0 Å². The molecule has 6 heteroatoms. The van der Waals surface area contributed by atoms with E-state index in [1.165, 1.54) is 0 Å². The van der Waals surface area contributed by atoms with Crippen LogP contribution in [0.1, 0.15) is 5.56 Å². The number of aromatic nitrogens is 1. The number of nitrogens with zero attached hydrogens (tertiary/aromatic N) is 1. The predicted molar refractivity (Wildman–Crippen MR) is 74.1 cm³/mol. The molecular weight excluding hydrogens is 260 g/mol. The third kappa shape index (κ3) is 4.41. The molecule has 4 N–H and O–H groups in total. The molecule has 0 spiro atoms. The van der Waals surface area contributed by atoms with E-state index in [2.05, 4.69) is 4.98 Å². The average Bonchev–Trinajstić information content (AvgIpc) is 2.39. The van der Waals surface area contributed by atoms with E-state index in [9.17, 15) is 4.79 Å². The van der Waals surface area contributed by atoms with Gasteiger partial charge < -0.3 is 15.9 Å². The van der Waals surface area contributed by atoms with E-state index in [0.29, 0.717) is 5.69 Å². The Bertz CT molecular complexity index is 599. The predicted octanol–water partition coefficient (Wildman–Crippen LogP) is 1.66. The molecule has 104 valence electrons. The highest BCUT2D eigenvalue weighted by Crippen LogP contribution is 2.25. The zero-order valence-electron chi connectivity index (χ0n) is 10.6. The van der Waals surface area contributed by atoms with Crippen molar-refractivity contribution in [3.05, 3.63) is 48.3 Å². The fourth-order valence-corrected chi connectivity index (χ4v) is 1.67. The van der Waals surface area contributed by atoms with Crippen molar-refractivity contribution in [2.45, 2.75) is 6.42 Å². The van der Waals surface area contributed by atoms with E-state index in [0.717, 1.165) is 16.7 Å². The van der Waals surface area contributed by atoms with Crippen LogP contribution < -0.4 is 5.73 Å². The van der Waals surface area contributed by atoms with Crippen molar-refractivity contribution in [1.82, 2.24) is 4.98 Å². The summed E-state index contributed by atoms with van der Waals surface area (Å²) in [5.41, 5.74) is 8.93. The molecule has 0 bridgehead atoms. The number of carboxylic acid groups (broad SMARTS) is 2. The number of rotatable bonds is 3. The van der Waals surface area contributed by atoms with Gasteiger partial charge in [-0.25, -0.2) is 0 Å². The van der Waals surface area contributed by atoms with Crippen LogP contribution in [0.5, 0.6) is 0 Å². The summed E-state index contributed by atoms with van der Waals surface area (Å²) in [5.74, 6) is -0.846. The van der Waals surface area contributed by atoms with E-state index in [1.807, 2.05) is 18.2 Å². The van der Waals surface area contributed by atoms with Gasteiger partial charge in [0.05, 0.1) is 6.42 Å². The normalized spacial score (nSPS) is 9.20. The average molecular weight is 274 g/mol. The Morgan fingerprint density at radius 1 is 1.35 bits per heavy atom. The Kier molecular flexibility index (Phi) is 5.71. The number of nitrogen functional groups attached to an aromatic ring is 1. The molecule has 0 unspecified atom stereocenters. The fraction of sp³-hybridized carbons (Fsp3) is 0.0714. The molecule has 6 nitrogen and oxygen atoms in total. The summed E-state index contributed by atoms with van der Waals surface area (Å²) in [7, 11) is 0. The van der Waals surface area contributed by atoms with Crippen LogP contribution in [0, 0.1) is 0 Å². The van der Waals surface area contributed by atoms with Gasteiger partial charge in [0.25, 0.3) is 6.47 Å². The second-order valence-corrected chi connectivity index (χ2v) is 3.84. The molecule has 0 aliphatic rings. The van der Waals surface area contributed by atoms with Gasteiger partial charge in [-0.1, -0.05) is 24.3 Å². The minimum absolute atomic E-state index is 0.00794. The Morgan fingerprint density at radius 3 is 2.65 bits per heavy atom. The molecule has 20 heavy (non-hydrogen) atoms. The van der Waals surface area contributed by atoms with Gasteiger partial charge in [-0.15, -0.1) is 0 Å². The second kappa shape index (κ2) is 7.52. The lowest BCUT2D eigenvalue weighted by molar-refractivity contribution is -0.136. The quantitative estimate of drug-likeness (QED) is 0.733. The van der Waals surface area contributed by atoms with Crippen molar-refractivity contribution in [1.29, 1.82) is 0 Å². The van der Waals surface area contributed by atoms with Gasteiger partial charge >= 0.3 is 5.97 Å². The smallest absolute Gasteiger partial charge is 0.307 e. The zero-order chi connectivity index (χ0) is 15.0. The van der Waals surface area contributed by atoms with Crippen molar-refractivity contribution in [3.8, 4) is 11.1 Å². The highest BCUT2D eigenvalue weighted by atomic mass is 16.4. The Hall–Kier alpha value is -2.89. The summed E-state index contributed by atoms with van der Waals surface area (Å²) < 4.78 is 0. The van der Waals surface area contributed by atoms with Crippen LogP contribution in [-0.2, 0) is 16.0 Å². The molecule has 1 aromatic heterocycles. The third-order valence-corrected chi connectivity index (χ3v) is 2.45. The Labute approximate surface area is 115 Å². The van der Waals surface area contributed by atoms with Crippen molar-refractivity contribution in [3.63, 3.8) is 0 Å². The molecule has 0 saturated carbocycles. The molecule has 2 aromatic rings. The molecule has 0 amide bonds. The SMILES string of the molecule is Nc1ccncc1-c1cccc(CC(=O)O)c1.O=CO. The lowest BCUT2D eigenvalue weighted by Gasteiger charge is -2.06. The summed E-state index contributed by atoms with van der Waals surface area (Å²) in [5, 5.41) is 15.6. The van der Waals surface area contributed by atoms with Gasteiger partial charge in [-0.3, -0.25) is 14.6 Å². The first-order valence-corrected chi connectivity index (χ1v) is 5.67. The number of hydrogen-bond acceptors (Lipinski definition) is 4. The lowest BCUT2D eigenvalue weighted by Crippen LogP contribution is -2.00. The number of pyridine rings is 1. The molecular formula is C14H14N2O4. The first kappa shape index (κ1) is 15.2. The molecule has 0 atom stereocenters. The van der Waals surface area contributed by atoms with Crippen LogP contribution >= 0.6 is 0 Å². The van der Waals surface area contributed by atoms with Gasteiger partial charge in [0.2, 0.25) is 0 Å². The molecule has 1 aromatic carbocycles. The van der Waals surface area contributed by atoms with Crippen LogP contribution in [0.4, 0.5) is 5.69 Å². The number of nitrogens with two attached hydrogens (primary N) is 1. The molecule has 0 fully saturated rings. The van der Waals surface area contributed by atoms with Gasteiger partial charge in [0.15, 0.2) is 0 Å². The zero-order valence-corrected chi connectivity index (χ0v) is 10.6. The minimum Gasteiger partial charge on any atom is -0.483 e. The number of anilines is 1. The summed E-state index contributed by atoms with van der Waals surface area (Å²) in [6.45, 7) is -0.250. The van der Waals surface area contributed by atoms with Gasteiger partial charge in [-0.2, -0.15) is 0 Å². The van der Waals surface area contributed by atoms with E-state index in [4.69, 9.17) is 20.7 Å². The van der Waals surface area contributed by atoms with Crippen LogP contribution in [-0.4, -0.2) is 27.6 Å².